The number of aryl methyl sites for hydroxylation is 1. The maximum atomic E-state index is 12.1. The Hall–Kier alpha value is -2.33. The van der Waals surface area contributed by atoms with Crippen molar-refractivity contribution in [2.45, 2.75) is 6.92 Å². The molecule has 0 spiro atoms. The largest absolute Gasteiger partial charge is 0.496 e. The highest BCUT2D eigenvalue weighted by molar-refractivity contribution is 9.10. The molecule has 2 aromatic carbocycles. The van der Waals surface area contributed by atoms with Gasteiger partial charge in [-0.1, -0.05) is 40.2 Å². The van der Waals surface area contributed by atoms with Gasteiger partial charge in [0.25, 0.3) is 0 Å². The zero-order chi connectivity index (χ0) is 16.4. The minimum atomic E-state index is -0.345. The predicted octanol–water partition coefficient (Wildman–Crippen LogP) is 4.75. The molecule has 0 fully saturated rings. The van der Waals surface area contributed by atoms with E-state index in [0.717, 1.165) is 26.9 Å². The van der Waals surface area contributed by atoms with Crippen molar-refractivity contribution in [3.63, 3.8) is 0 Å². The highest BCUT2D eigenvalue weighted by Crippen LogP contribution is 2.29. The van der Waals surface area contributed by atoms with Crippen LogP contribution in [0.15, 0.2) is 58.6 Å². The van der Waals surface area contributed by atoms with Gasteiger partial charge in [0.05, 0.1) is 12.7 Å². The van der Waals surface area contributed by atoms with E-state index in [1.54, 1.807) is 19.3 Å². The zero-order valence-electron chi connectivity index (χ0n) is 12.8. The van der Waals surface area contributed by atoms with Crippen LogP contribution in [0.4, 0.5) is 0 Å². The molecule has 0 N–H and O–H groups in total. The number of cyclic esters (lactones) is 1. The van der Waals surface area contributed by atoms with E-state index in [0.29, 0.717) is 11.3 Å². The van der Waals surface area contributed by atoms with E-state index in [9.17, 15) is 4.79 Å². The van der Waals surface area contributed by atoms with Gasteiger partial charge in [-0.05, 0) is 48.4 Å². The molecule has 2 aromatic rings. The van der Waals surface area contributed by atoms with Gasteiger partial charge in [-0.25, -0.2) is 4.79 Å². The number of esters is 1. The molecule has 3 nitrogen and oxygen atoms in total. The van der Waals surface area contributed by atoms with Crippen LogP contribution >= 0.6 is 15.9 Å². The number of hydrogen-bond donors (Lipinski definition) is 0. The first-order chi connectivity index (χ1) is 11.1. The van der Waals surface area contributed by atoms with Gasteiger partial charge < -0.3 is 9.47 Å². The van der Waals surface area contributed by atoms with Crippen LogP contribution in [0.5, 0.6) is 5.75 Å². The van der Waals surface area contributed by atoms with Crippen molar-refractivity contribution in [3.05, 3.63) is 75.3 Å². The van der Waals surface area contributed by atoms with E-state index < -0.39 is 0 Å². The van der Waals surface area contributed by atoms with Gasteiger partial charge in [0.1, 0.15) is 11.5 Å². The third-order valence-corrected chi connectivity index (χ3v) is 4.14. The van der Waals surface area contributed by atoms with Crippen molar-refractivity contribution in [1.29, 1.82) is 0 Å². The lowest BCUT2D eigenvalue weighted by Crippen LogP contribution is -1.97. The number of ether oxygens (including phenoxy) is 2. The average Bonchev–Trinajstić information content (AvgIpc) is 2.91. The van der Waals surface area contributed by atoms with E-state index in [4.69, 9.17) is 9.47 Å². The molecule has 3 rings (SSSR count). The van der Waals surface area contributed by atoms with Crippen LogP contribution in [0, 0.1) is 6.92 Å². The SMILES string of the molecule is COc1cc(/C=C2/C=C(c3ccc(Br)cc3)OC2=O)ccc1C. The average molecular weight is 371 g/mol. The van der Waals surface area contributed by atoms with E-state index in [2.05, 4.69) is 15.9 Å². The summed E-state index contributed by atoms with van der Waals surface area (Å²) in [6, 6.07) is 13.4. The Balaban J connectivity index is 1.93. The molecule has 23 heavy (non-hydrogen) atoms. The maximum absolute atomic E-state index is 12.1. The molecule has 0 radical (unpaired) electrons. The number of carbonyl (C=O) groups excluding carboxylic acids is 1. The summed E-state index contributed by atoms with van der Waals surface area (Å²) < 4.78 is 11.7. The van der Waals surface area contributed by atoms with Gasteiger partial charge in [-0.15, -0.1) is 0 Å². The van der Waals surface area contributed by atoms with Crippen LogP contribution in [0.2, 0.25) is 0 Å². The van der Waals surface area contributed by atoms with Crippen molar-refractivity contribution in [3.8, 4) is 5.75 Å². The summed E-state index contributed by atoms with van der Waals surface area (Å²) >= 11 is 3.39. The van der Waals surface area contributed by atoms with Crippen molar-refractivity contribution in [2.75, 3.05) is 7.11 Å². The molecule has 1 heterocycles. The number of carbonyl (C=O) groups is 1. The second-order valence-electron chi connectivity index (χ2n) is 5.23. The van der Waals surface area contributed by atoms with Crippen LogP contribution in [-0.2, 0) is 9.53 Å². The highest BCUT2D eigenvalue weighted by atomic mass is 79.9. The van der Waals surface area contributed by atoms with Crippen LogP contribution in [0.1, 0.15) is 16.7 Å². The normalized spacial score (nSPS) is 15.5. The Bertz CT molecular complexity index is 817. The summed E-state index contributed by atoms with van der Waals surface area (Å²) in [6.45, 7) is 1.98. The lowest BCUT2D eigenvalue weighted by atomic mass is 10.1. The monoisotopic (exact) mass is 370 g/mol. The smallest absolute Gasteiger partial charge is 0.343 e. The van der Waals surface area contributed by atoms with Gasteiger partial charge >= 0.3 is 5.97 Å². The van der Waals surface area contributed by atoms with Crippen LogP contribution in [0.25, 0.3) is 11.8 Å². The van der Waals surface area contributed by atoms with Gasteiger partial charge in [-0.3, -0.25) is 0 Å². The molecule has 4 heteroatoms. The van der Waals surface area contributed by atoms with E-state index >= 15 is 0 Å². The number of hydrogen-bond acceptors (Lipinski definition) is 3. The molecule has 0 amide bonds. The molecule has 0 aliphatic carbocycles. The van der Waals surface area contributed by atoms with Crippen molar-refractivity contribution >= 4 is 33.7 Å². The number of methoxy groups -OCH3 is 1. The summed E-state index contributed by atoms with van der Waals surface area (Å²) in [4.78, 5) is 12.1. The predicted molar refractivity (Wildman–Crippen MR) is 93.9 cm³/mol. The summed E-state index contributed by atoms with van der Waals surface area (Å²) in [5, 5.41) is 0. The number of halogens is 1. The second-order valence-corrected chi connectivity index (χ2v) is 6.15. The Morgan fingerprint density at radius 1 is 1.13 bits per heavy atom. The summed E-state index contributed by atoms with van der Waals surface area (Å²) in [5.41, 5.74) is 3.34. The quantitative estimate of drug-likeness (QED) is 0.577. The van der Waals surface area contributed by atoms with Crippen molar-refractivity contribution in [1.82, 2.24) is 0 Å². The third kappa shape index (κ3) is 3.37. The highest BCUT2D eigenvalue weighted by Gasteiger charge is 2.21. The first-order valence-electron chi connectivity index (χ1n) is 7.13. The lowest BCUT2D eigenvalue weighted by molar-refractivity contribution is -0.130. The standard InChI is InChI=1S/C19H15BrO3/c1-12-3-4-13(10-17(12)22-2)9-15-11-18(23-19(15)21)14-5-7-16(20)8-6-14/h3-11H,1-2H3/b15-9-. The molecule has 1 aliphatic heterocycles. The molecule has 0 unspecified atom stereocenters. The first-order valence-corrected chi connectivity index (χ1v) is 7.92. The summed E-state index contributed by atoms with van der Waals surface area (Å²) in [7, 11) is 1.63. The van der Waals surface area contributed by atoms with E-state index in [1.807, 2.05) is 49.4 Å². The molecule has 116 valence electrons. The molecule has 0 bridgehead atoms. The topological polar surface area (TPSA) is 35.5 Å². The summed E-state index contributed by atoms with van der Waals surface area (Å²) in [6.07, 6.45) is 3.56. The Labute approximate surface area is 143 Å². The first kappa shape index (κ1) is 15.6. The number of benzene rings is 2. The van der Waals surface area contributed by atoms with Crippen molar-refractivity contribution < 1.29 is 14.3 Å². The summed E-state index contributed by atoms with van der Waals surface area (Å²) in [5.74, 6) is 1.01. The van der Waals surface area contributed by atoms with Gasteiger partial charge in [0.2, 0.25) is 0 Å². The molecule has 0 aromatic heterocycles. The van der Waals surface area contributed by atoms with E-state index in [1.165, 1.54) is 0 Å². The van der Waals surface area contributed by atoms with Gasteiger partial charge in [-0.2, -0.15) is 0 Å². The third-order valence-electron chi connectivity index (χ3n) is 3.61. The molecule has 0 saturated heterocycles. The fourth-order valence-electron chi connectivity index (χ4n) is 2.35. The molecular formula is C19H15BrO3. The minimum Gasteiger partial charge on any atom is -0.496 e. The fraction of sp³-hybridized carbons (Fsp3) is 0.105. The molecule has 1 aliphatic rings. The Kier molecular flexibility index (Phi) is 4.35. The lowest BCUT2D eigenvalue weighted by Gasteiger charge is -2.05. The Morgan fingerprint density at radius 2 is 1.87 bits per heavy atom. The van der Waals surface area contributed by atoms with Gasteiger partial charge in [0, 0.05) is 10.0 Å². The second kappa shape index (κ2) is 6.42. The van der Waals surface area contributed by atoms with Crippen LogP contribution in [0.3, 0.4) is 0 Å². The zero-order valence-corrected chi connectivity index (χ0v) is 14.4. The fourth-order valence-corrected chi connectivity index (χ4v) is 2.62. The van der Waals surface area contributed by atoms with Gasteiger partial charge in [0.15, 0.2) is 0 Å². The van der Waals surface area contributed by atoms with E-state index in [-0.39, 0.29) is 5.97 Å². The molecule has 0 saturated carbocycles. The molecule has 0 atom stereocenters. The van der Waals surface area contributed by atoms with Crippen LogP contribution < -0.4 is 4.74 Å². The Morgan fingerprint density at radius 3 is 2.57 bits per heavy atom. The molecular weight excluding hydrogens is 356 g/mol. The minimum absolute atomic E-state index is 0.345. The maximum Gasteiger partial charge on any atom is 0.343 e. The van der Waals surface area contributed by atoms with Crippen LogP contribution in [-0.4, -0.2) is 13.1 Å². The van der Waals surface area contributed by atoms with Crippen molar-refractivity contribution in [2.24, 2.45) is 0 Å². The number of rotatable bonds is 3.